The van der Waals surface area contributed by atoms with Gasteiger partial charge in [0.25, 0.3) is 0 Å². The maximum Gasteiger partial charge on any atom is 0.193 e. The fourth-order valence-corrected chi connectivity index (χ4v) is 2.92. The Balaban J connectivity index is 1.75. The molecule has 24 heavy (non-hydrogen) atoms. The van der Waals surface area contributed by atoms with Crippen molar-refractivity contribution in [1.82, 2.24) is 0 Å². The second-order valence-electron chi connectivity index (χ2n) is 5.14. The van der Waals surface area contributed by atoms with Crippen molar-refractivity contribution in [1.29, 1.82) is 0 Å². The van der Waals surface area contributed by atoms with Crippen LogP contribution in [0.5, 0.6) is 0 Å². The van der Waals surface area contributed by atoms with E-state index in [1.807, 2.05) is 24.3 Å². The molecule has 0 saturated heterocycles. The highest BCUT2D eigenvalue weighted by molar-refractivity contribution is 7.99. The van der Waals surface area contributed by atoms with Crippen LogP contribution in [-0.4, -0.2) is 25.4 Å². The number of rotatable bonds is 8. The van der Waals surface area contributed by atoms with Crippen LogP contribution < -0.4 is 11.1 Å². The van der Waals surface area contributed by atoms with Gasteiger partial charge in [0.1, 0.15) is 5.82 Å². The molecule has 0 heterocycles. The summed E-state index contributed by atoms with van der Waals surface area (Å²) in [4.78, 5) is 5.39. The molecule has 2 aromatic carbocycles. The summed E-state index contributed by atoms with van der Waals surface area (Å²) in [5.41, 5.74) is 7.87. The minimum absolute atomic E-state index is 0.212. The first-order valence-electron chi connectivity index (χ1n) is 7.71. The first-order chi connectivity index (χ1) is 11.7. The summed E-state index contributed by atoms with van der Waals surface area (Å²) in [6, 6.07) is 14.3. The molecule has 3 N–H and O–H groups in total. The molecule has 0 unspecified atom stereocenters. The number of nitrogens with zero attached hydrogens (tertiary/aromatic N) is 1. The molecule has 0 bridgehead atoms. The van der Waals surface area contributed by atoms with Crippen LogP contribution in [-0.2, 0) is 11.3 Å². The molecule has 128 valence electrons. The zero-order valence-electron chi connectivity index (χ0n) is 13.7. The minimum Gasteiger partial charge on any atom is -0.380 e. The normalized spacial score (nSPS) is 11.5. The fourth-order valence-electron chi connectivity index (χ4n) is 2.09. The molecule has 0 radical (unpaired) electrons. The highest BCUT2D eigenvalue weighted by Gasteiger charge is 2.02. The van der Waals surface area contributed by atoms with Gasteiger partial charge in [-0.05, 0) is 42.5 Å². The molecule has 0 amide bonds. The zero-order chi connectivity index (χ0) is 17.2. The largest absolute Gasteiger partial charge is 0.380 e. The van der Waals surface area contributed by atoms with Crippen molar-refractivity contribution in [3.05, 3.63) is 59.9 Å². The van der Waals surface area contributed by atoms with Gasteiger partial charge in [-0.3, -0.25) is 4.99 Å². The lowest BCUT2D eigenvalue weighted by molar-refractivity contribution is 0.185. The lowest BCUT2D eigenvalue weighted by Gasteiger charge is -2.10. The molecule has 0 saturated carbocycles. The quantitative estimate of drug-likeness (QED) is 0.329. The molecule has 0 fully saturated rings. The monoisotopic (exact) mass is 347 g/mol. The van der Waals surface area contributed by atoms with Crippen molar-refractivity contribution in [2.45, 2.75) is 17.9 Å². The van der Waals surface area contributed by atoms with E-state index in [1.54, 1.807) is 31.0 Å². The third-order valence-corrected chi connectivity index (χ3v) is 4.35. The number of nitrogens with two attached hydrogens (primary N) is 1. The van der Waals surface area contributed by atoms with Crippen LogP contribution in [0, 0.1) is 5.82 Å². The summed E-state index contributed by atoms with van der Waals surface area (Å²) in [6.07, 6.45) is 0.893. The van der Waals surface area contributed by atoms with Crippen molar-refractivity contribution < 1.29 is 9.13 Å². The fraction of sp³-hybridized carbons (Fsp3) is 0.278. The molecule has 0 aliphatic carbocycles. The van der Waals surface area contributed by atoms with Crippen molar-refractivity contribution in [2.75, 3.05) is 24.7 Å². The first-order valence-corrected chi connectivity index (χ1v) is 8.70. The van der Waals surface area contributed by atoms with E-state index in [4.69, 9.17) is 10.5 Å². The van der Waals surface area contributed by atoms with E-state index in [1.165, 1.54) is 12.1 Å². The second kappa shape index (κ2) is 9.95. The van der Waals surface area contributed by atoms with Gasteiger partial charge in [-0.1, -0.05) is 18.2 Å². The molecule has 6 heteroatoms. The minimum atomic E-state index is -0.212. The molecular weight excluding hydrogens is 325 g/mol. The Morgan fingerprint density at radius 2 is 1.96 bits per heavy atom. The standard InChI is InChI=1S/C18H22FN3OS/c1-23-13-14-5-2-3-6-17(14)22-18(20)21-11-4-12-24-16-9-7-15(19)8-10-16/h2-3,5-10H,4,11-13H2,1H3,(H3,20,21,22). The smallest absolute Gasteiger partial charge is 0.193 e. The Morgan fingerprint density at radius 1 is 1.21 bits per heavy atom. The predicted molar refractivity (Wildman–Crippen MR) is 99.0 cm³/mol. The van der Waals surface area contributed by atoms with Crippen LogP contribution in [0.1, 0.15) is 12.0 Å². The third kappa shape index (κ3) is 6.22. The second-order valence-corrected chi connectivity index (χ2v) is 6.31. The number of benzene rings is 2. The Morgan fingerprint density at radius 3 is 2.71 bits per heavy atom. The van der Waals surface area contributed by atoms with Gasteiger partial charge in [0.05, 0.1) is 6.61 Å². The van der Waals surface area contributed by atoms with E-state index in [0.717, 1.165) is 28.3 Å². The number of methoxy groups -OCH3 is 1. The van der Waals surface area contributed by atoms with Crippen LogP contribution in [0.4, 0.5) is 10.1 Å². The third-order valence-electron chi connectivity index (χ3n) is 3.25. The molecule has 0 aliphatic rings. The van der Waals surface area contributed by atoms with Gasteiger partial charge in [0, 0.05) is 29.8 Å². The average molecular weight is 347 g/mol. The van der Waals surface area contributed by atoms with E-state index >= 15 is 0 Å². The van der Waals surface area contributed by atoms with Crippen LogP contribution >= 0.6 is 11.8 Å². The summed E-state index contributed by atoms with van der Waals surface area (Å²) < 4.78 is 18.0. The van der Waals surface area contributed by atoms with E-state index in [9.17, 15) is 4.39 Å². The van der Waals surface area contributed by atoms with Crippen molar-refractivity contribution in [2.24, 2.45) is 10.7 Å². The molecule has 0 spiro atoms. The molecule has 4 nitrogen and oxygen atoms in total. The van der Waals surface area contributed by atoms with Crippen LogP contribution in [0.3, 0.4) is 0 Å². The summed E-state index contributed by atoms with van der Waals surface area (Å²) in [5.74, 6) is 1.09. The van der Waals surface area contributed by atoms with Crippen molar-refractivity contribution in [3.63, 3.8) is 0 Å². The zero-order valence-corrected chi connectivity index (χ0v) is 14.5. The molecule has 0 aliphatic heterocycles. The molecule has 0 aromatic heterocycles. The molecular formula is C18H22FN3OS. The number of thioether (sulfide) groups is 1. The number of guanidine groups is 1. The highest BCUT2D eigenvalue weighted by Crippen LogP contribution is 2.19. The van der Waals surface area contributed by atoms with Crippen molar-refractivity contribution >= 4 is 23.4 Å². The van der Waals surface area contributed by atoms with Gasteiger partial charge in [-0.25, -0.2) is 4.39 Å². The SMILES string of the molecule is COCc1ccccc1NC(N)=NCCCSc1ccc(F)cc1. The molecule has 2 rings (SSSR count). The first kappa shape index (κ1) is 18.3. The molecule has 0 atom stereocenters. The number of nitrogens with one attached hydrogen (secondary N) is 1. The van der Waals surface area contributed by atoms with Gasteiger partial charge in [0.15, 0.2) is 5.96 Å². The van der Waals surface area contributed by atoms with Gasteiger partial charge in [0.2, 0.25) is 0 Å². The number of hydrogen-bond donors (Lipinski definition) is 2. The summed E-state index contributed by atoms with van der Waals surface area (Å²) in [6.45, 7) is 1.16. The van der Waals surface area contributed by atoms with Crippen LogP contribution in [0.25, 0.3) is 0 Å². The predicted octanol–water partition coefficient (Wildman–Crippen LogP) is 3.88. The lowest BCUT2D eigenvalue weighted by Crippen LogP contribution is -2.23. The summed E-state index contributed by atoms with van der Waals surface area (Å²) in [5, 5.41) is 3.11. The Kier molecular flexibility index (Phi) is 7.58. The Labute approximate surface area is 146 Å². The lowest BCUT2D eigenvalue weighted by atomic mass is 10.2. The molecule has 2 aromatic rings. The summed E-state index contributed by atoms with van der Waals surface area (Å²) >= 11 is 1.68. The van der Waals surface area contributed by atoms with Gasteiger partial charge < -0.3 is 15.8 Å². The topological polar surface area (TPSA) is 59.6 Å². The maximum atomic E-state index is 12.8. The number of aliphatic imine (C=N–C) groups is 1. The van der Waals surface area contributed by atoms with Gasteiger partial charge in [-0.2, -0.15) is 0 Å². The number of ether oxygens (including phenoxy) is 1. The number of halogens is 1. The highest BCUT2D eigenvalue weighted by atomic mass is 32.2. The number of anilines is 1. The van der Waals surface area contributed by atoms with Crippen LogP contribution in [0.15, 0.2) is 58.4 Å². The number of para-hydroxylation sites is 1. The van der Waals surface area contributed by atoms with E-state index in [0.29, 0.717) is 19.1 Å². The average Bonchev–Trinajstić information content (AvgIpc) is 2.58. The van der Waals surface area contributed by atoms with E-state index in [-0.39, 0.29) is 5.82 Å². The van der Waals surface area contributed by atoms with E-state index in [2.05, 4.69) is 10.3 Å². The number of hydrogen-bond acceptors (Lipinski definition) is 3. The van der Waals surface area contributed by atoms with Gasteiger partial charge in [-0.15, -0.1) is 11.8 Å². The summed E-state index contributed by atoms with van der Waals surface area (Å²) in [7, 11) is 1.66. The van der Waals surface area contributed by atoms with Crippen LogP contribution in [0.2, 0.25) is 0 Å². The van der Waals surface area contributed by atoms with E-state index < -0.39 is 0 Å². The maximum absolute atomic E-state index is 12.8. The Hall–Kier alpha value is -2.05. The van der Waals surface area contributed by atoms with Crippen molar-refractivity contribution in [3.8, 4) is 0 Å². The Bertz CT molecular complexity index is 662. The van der Waals surface area contributed by atoms with Gasteiger partial charge >= 0.3 is 0 Å².